The number of aromatic nitrogens is 1. The number of ether oxygens (including phenoxy) is 1. The number of thiazole rings is 1. The van der Waals surface area contributed by atoms with Crippen LogP contribution >= 0.6 is 11.3 Å². The Morgan fingerprint density at radius 1 is 1.45 bits per heavy atom. The number of carbonyl (C=O) groups excluding carboxylic acids is 1. The van der Waals surface area contributed by atoms with E-state index in [1.54, 1.807) is 19.2 Å². The lowest BCUT2D eigenvalue weighted by Crippen LogP contribution is -2.15. The minimum Gasteiger partial charge on any atom is -0.378 e. The van der Waals surface area contributed by atoms with Crippen molar-refractivity contribution in [2.24, 2.45) is 0 Å². The fourth-order valence-electron chi connectivity index (χ4n) is 1.74. The average Bonchev–Trinajstić information content (AvgIpc) is 2.73. The standard InChI is InChI=1S/C14H15FN2O2S/c1-9-12(20-14(16-9)8-19-2)7-13(18)17-11-6-4-3-5-10(11)15/h3-6H,7-8H2,1-2H3,(H,17,18). The molecule has 0 aliphatic rings. The Morgan fingerprint density at radius 2 is 2.20 bits per heavy atom. The van der Waals surface area contributed by atoms with Gasteiger partial charge in [-0.1, -0.05) is 12.1 Å². The summed E-state index contributed by atoms with van der Waals surface area (Å²) in [4.78, 5) is 17.1. The van der Waals surface area contributed by atoms with Gasteiger partial charge in [0.1, 0.15) is 10.8 Å². The highest BCUT2D eigenvalue weighted by molar-refractivity contribution is 7.11. The lowest BCUT2D eigenvalue weighted by molar-refractivity contribution is -0.115. The summed E-state index contributed by atoms with van der Waals surface area (Å²) >= 11 is 1.44. The third-order valence-corrected chi connectivity index (χ3v) is 3.80. The molecule has 0 aliphatic heterocycles. The smallest absolute Gasteiger partial charge is 0.229 e. The van der Waals surface area contributed by atoms with Gasteiger partial charge >= 0.3 is 0 Å². The first-order valence-electron chi connectivity index (χ1n) is 6.08. The molecule has 1 N–H and O–H groups in total. The number of benzene rings is 1. The number of anilines is 1. The molecule has 0 radical (unpaired) electrons. The van der Waals surface area contributed by atoms with Crippen LogP contribution in [0.3, 0.4) is 0 Å². The molecule has 0 aliphatic carbocycles. The summed E-state index contributed by atoms with van der Waals surface area (Å²) < 4.78 is 18.4. The average molecular weight is 294 g/mol. The molecule has 0 fully saturated rings. The lowest BCUT2D eigenvalue weighted by Gasteiger charge is -2.05. The Kier molecular flexibility index (Phi) is 4.81. The van der Waals surface area contributed by atoms with Gasteiger partial charge in [0.2, 0.25) is 5.91 Å². The van der Waals surface area contributed by atoms with Crippen molar-refractivity contribution in [3.05, 3.63) is 45.7 Å². The Hall–Kier alpha value is -1.79. The van der Waals surface area contributed by atoms with E-state index in [4.69, 9.17) is 4.74 Å². The van der Waals surface area contributed by atoms with E-state index >= 15 is 0 Å². The zero-order valence-electron chi connectivity index (χ0n) is 11.3. The zero-order valence-corrected chi connectivity index (χ0v) is 12.1. The first kappa shape index (κ1) is 14.6. The normalized spacial score (nSPS) is 10.6. The molecule has 0 saturated heterocycles. The maximum atomic E-state index is 13.4. The molecule has 0 saturated carbocycles. The number of hydrogen-bond acceptors (Lipinski definition) is 4. The number of methoxy groups -OCH3 is 1. The number of nitrogens with zero attached hydrogens (tertiary/aromatic N) is 1. The molecule has 0 atom stereocenters. The molecule has 2 aromatic rings. The van der Waals surface area contributed by atoms with E-state index in [2.05, 4.69) is 10.3 Å². The molecule has 1 heterocycles. The van der Waals surface area contributed by atoms with Crippen LogP contribution in [0.15, 0.2) is 24.3 Å². The highest BCUT2D eigenvalue weighted by Gasteiger charge is 2.13. The number of rotatable bonds is 5. The number of hydrogen-bond donors (Lipinski definition) is 1. The van der Waals surface area contributed by atoms with Crippen LogP contribution in [-0.4, -0.2) is 18.0 Å². The number of carbonyl (C=O) groups is 1. The SMILES string of the molecule is COCc1nc(C)c(CC(=O)Nc2ccccc2F)s1. The summed E-state index contributed by atoms with van der Waals surface area (Å²) in [6.07, 6.45) is 0.182. The minimum absolute atomic E-state index is 0.182. The van der Waals surface area contributed by atoms with Crippen LogP contribution in [0.1, 0.15) is 15.6 Å². The monoisotopic (exact) mass is 294 g/mol. The molecule has 6 heteroatoms. The van der Waals surface area contributed by atoms with E-state index in [0.717, 1.165) is 15.6 Å². The quantitative estimate of drug-likeness (QED) is 0.922. The predicted molar refractivity (Wildman–Crippen MR) is 76.3 cm³/mol. The Labute approximate surface area is 120 Å². The largest absolute Gasteiger partial charge is 0.378 e. The van der Waals surface area contributed by atoms with E-state index in [1.165, 1.54) is 23.5 Å². The van der Waals surface area contributed by atoms with E-state index in [-0.39, 0.29) is 18.0 Å². The van der Waals surface area contributed by atoms with Crippen molar-refractivity contribution in [1.29, 1.82) is 0 Å². The van der Waals surface area contributed by atoms with Crippen molar-refractivity contribution in [1.82, 2.24) is 4.98 Å². The highest BCUT2D eigenvalue weighted by Crippen LogP contribution is 2.20. The Morgan fingerprint density at radius 3 is 2.90 bits per heavy atom. The van der Waals surface area contributed by atoms with Gasteiger partial charge in [-0.25, -0.2) is 9.37 Å². The van der Waals surface area contributed by atoms with Crippen LogP contribution < -0.4 is 5.32 Å². The van der Waals surface area contributed by atoms with Crippen LogP contribution in [-0.2, 0) is 22.6 Å². The third kappa shape index (κ3) is 3.61. The molecule has 106 valence electrons. The summed E-state index contributed by atoms with van der Waals surface area (Å²) in [6, 6.07) is 6.09. The molecule has 1 aromatic carbocycles. The molecule has 20 heavy (non-hydrogen) atoms. The van der Waals surface area contributed by atoms with Crippen LogP contribution in [0, 0.1) is 12.7 Å². The predicted octanol–water partition coefficient (Wildman–Crippen LogP) is 2.92. The number of para-hydroxylation sites is 1. The summed E-state index contributed by atoms with van der Waals surface area (Å²) in [5.74, 6) is -0.701. The van der Waals surface area contributed by atoms with Crippen LogP contribution in [0.25, 0.3) is 0 Å². The second-order valence-electron chi connectivity index (χ2n) is 4.25. The maximum Gasteiger partial charge on any atom is 0.229 e. The lowest BCUT2D eigenvalue weighted by atomic mass is 10.2. The van der Waals surface area contributed by atoms with Crippen molar-refractivity contribution in [2.75, 3.05) is 12.4 Å². The summed E-state index contributed by atoms with van der Waals surface area (Å²) in [5, 5.41) is 3.39. The van der Waals surface area contributed by atoms with Crippen molar-refractivity contribution in [3.8, 4) is 0 Å². The van der Waals surface area contributed by atoms with Crippen molar-refractivity contribution < 1.29 is 13.9 Å². The van der Waals surface area contributed by atoms with Gasteiger partial charge in [-0.3, -0.25) is 4.79 Å². The van der Waals surface area contributed by atoms with Crippen molar-refractivity contribution >= 4 is 22.9 Å². The zero-order chi connectivity index (χ0) is 14.5. The van der Waals surface area contributed by atoms with Gasteiger partial charge in [-0.2, -0.15) is 0 Å². The summed E-state index contributed by atoms with van der Waals surface area (Å²) in [6.45, 7) is 2.28. The number of halogens is 1. The molecule has 2 rings (SSSR count). The van der Waals surface area contributed by atoms with Gasteiger partial charge in [-0.15, -0.1) is 11.3 Å². The number of aryl methyl sites for hydroxylation is 1. The van der Waals surface area contributed by atoms with Gasteiger partial charge < -0.3 is 10.1 Å². The third-order valence-electron chi connectivity index (χ3n) is 2.67. The Bertz CT molecular complexity index is 613. The highest BCUT2D eigenvalue weighted by atomic mass is 32.1. The topological polar surface area (TPSA) is 51.2 Å². The first-order chi connectivity index (χ1) is 9.60. The van der Waals surface area contributed by atoms with E-state index in [1.807, 2.05) is 6.92 Å². The molecule has 0 spiro atoms. The molecule has 1 amide bonds. The van der Waals surface area contributed by atoms with Crippen molar-refractivity contribution in [2.45, 2.75) is 20.0 Å². The molecular formula is C14H15FN2O2S. The van der Waals surface area contributed by atoms with E-state index < -0.39 is 5.82 Å². The van der Waals surface area contributed by atoms with Gasteiger partial charge in [0.15, 0.2) is 0 Å². The fourth-order valence-corrected chi connectivity index (χ4v) is 2.78. The fraction of sp³-hybridized carbons (Fsp3) is 0.286. The Balaban J connectivity index is 2.03. The second kappa shape index (κ2) is 6.58. The second-order valence-corrected chi connectivity index (χ2v) is 5.42. The summed E-state index contributed by atoms with van der Waals surface area (Å²) in [7, 11) is 1.60. The van der Waals surface area contributed by atoms with Crippen molar-refractivity contribution in [3.63, 3.8) is 0 Å². The minimum atomic E-state index is -0.443. The number of amides is 1. The molecule has 0 unspecified atom stereocenters. The summed E-state index contributed by atoms with van der Waals surface area (Å²) in [5.41, 5.74) is 1.00. The first-order valence-corrected chi connectivity index (χ1v) is 6.90. The molecule has 4 nitrogen and oxygen atoms in total. The van der Waals surface area contributed by atoms with Crippen LogP contribution in [0.4, 0.5) is 10.1 Å². The maximum absolute atomic E-state index is 13.4. The van der Waals surface area contributed by atoms with Crippen LogP contribution in [0.5, 0.6) is 0 Å². The van der Waals surface area contributed by atoms with Gasteiger partial charge in [-0.05, 0) is 19.1 Å². The number of nitrogens with one attached hydrogen (secondary N) is 1. The molecule has 0 bridgehead atoms. The van der Waals surface area contributed by atoms with E-state index in [9.17, 15) is 9.18 Å². The molecular weight excluding hydrogens is 279 g/mol. The van der Waals surface area contributed by atoms with Gasteiger partial charge in [0.25, 0.3) is 0 Å². The van der Waals surface area contributed by atoms with Crippen LogP contribution in [0.2, 0.25) is 0 Å². The van der Waals surface area contributed by atoms with Gasteiger partial charge in [0, 0.05) is 12.0 Å². The van der Waals surface area contributed by atoms with E-state index in [0.29, 0.717) is 6.61 Å². The van der Waals surface area contributed by atoms with Gasteiger partial charge in [0.05, 0.1) is 24.4 Å². The molecule has 1 aromatic heterocycles.